The van der Waals surface area contributed by atoms with Gasteiger partial charge in [0.1, 0.15) is 0 Å². The van der Waals surface area contributed by atoms with Crippen molar-refractivity contribution in [2.75, 3.05) is 13.6 Å². The molecule has 0 aliphatic rings. The second kappa shape index (κ2) is 10.2. The molecule has 33 heavy (non-hydrogen) atoms. The van der Waals surface area contributed by atoms with Crippen LogP contribution in [0.15, 0.2) is 85.1 Å². The van der Waals surface area contributed by atoms with E-state index in [0.717, 1.165) is 27.6 Å². The Morgan fingerprint density at radius 1 is 0.970 bits per heavy atom. The van der Waals surface area contributed by atoms with Crippen molar-refractivity contribution in [1.29, 1.82) is 0 Å². The van der Waals surface area contributed by atoms with Crippen molar-refractivity contribution in [3.8, 4) is 0 Å². The van der Waals surface area contributed by atoms with Crippen LogP contribution in [0.2, 0.25) is 5.02 Å². The quantitative estimate of drug-likeness (QED) is 0.336. The summed E-state index contributed by atoms with van der Waals surface area (Å²) in [5, 5.41) is 7.35. The molecule has 0 spiro atoms. The number of benzene rings is 3. The highest BCUT2D eigenvalue weighted by Crippen LogP contribution is 2.34. The second-order valence-electron chi connectivity index (χ2n) is 7.64. The Kier molecular flexibility index (Phi) is 6.91. The molecule has 2 amide bonds. The molecule has 0 bridgehead atoms. The molecule has 6 heteroatoms. The van der Waals surface area contributed by atoms with Gasteiger partial charge in [-0.15, -0.1) is 0 Å². The van der Waals surface area contributed by atoms with Gasteiger partial charge in [-0.25, -0.2) is 0 Å². The van der Waals surface area contributed by atoms with Crippen LogP contribution >= 0.6 is 11.6 Å². The highest BCUT2D eigenvalue weighted by Gasteiger charge is 2.20. The number of nitrogens with one attached hydrogen (secondary N) is 3. The van der Waals surface area contributed by atoms with E-state index >= 15 is 0 Å². The van der Waals surface area contributed by atoms with Crippen LogP contribution in [0.25, 0.3) is 17.0 Å². The van der Waals surface area contributed by atoms with E-state index in [1.165, 1.54) is 6.08 Å². The van der Waals surface area contributed by atoms with Crippen LogP contribution in [0.5, 0.6) is 0 Å². The third-order valence-corrected chi connectivity index (χ3v) is 5.93. The maximum Gasteiger partial charge on any atom is 0.251 e. The first-order chi connectivity index (χ1) is 16.1. The van der Waals surface area contributed by atoms with Crippen molar-refractivity contribution >= 4 is 40.4 Å². The van der Waals surface area contributed by atoms with Gasteiger partial charge >= 0.3 is 0 Å². The largest absolute Gasteiger partial charge is 0.361 e. The number of aromatic nitrogens is 1. The first kappa shape index (κ1) is 22.4. The molecule has 0 saturated carbocycles. The van der Waals surface area contributed by atoms with Gasteiger partial charge in [-0.1, -0.05) is 60.1 Å². The van der Waals surface area contributed by atoms with Crippen LogP contribution in [-0.4, -0.2) is 30.4 Å². The van der Waals surface area contributed by atoms with E-state index in [1.54, 1.807) is 37.4 Å². The zero-order chi connectivity index (χ0) is 23.2. The summed E-state index contributed by atoms with van der Waals surface area (Å²) in [6, 6.07) is 22.8. The Morgan fingerprint density at radius 3 is 2.45 bits per heavy atom. The molecule has 0 aliphatic heterocycles. The number of rotatable bonds is 7. The lowest BCUT2D eigenvalue weighted by molar-refractivity contribution is -0.116. The lowest BCUT2D eigenvalue weighted by atomic mass is 9.90. The molecule has 1 aromatic heterocycles. The van der Waals surface area contributed by atoms with Crippen molar-refractivity contribution in [3.63, 3.8) is 0 Å². The molecular formula is C27H24ClN3O2. The van der Waals surface area contributed by atoms with Gasteiger partial charge < -0.3 is 15.6 Å². The molecule has 0 saturated heterocycles. The normalized spacial score (nSPS) is 12.1. The summed E-state index contributed by atoms with van der Waals surface area (Å²) in [7, 11) is 1.59. The number of H-pyrrole nitrogens is 1. The van der Waals surface area contributed by atoms with Gasteiger partial charge in [0.15, 0.2) is 0 Å². The SMILES string of the molecule is CNC(=O)c1ccc(/C=C/C(=O)NCC(c2ccccc2Cl)c2c[nH]c3ccccc23)cc1. The summed E-state index contributed by atoms with van der Waals surface area (Å²) < 4.78 is 0. The Morgan fingerprint density at radius 2 is 1.70 bits per heavy atom. The molecule has 4 aromatic rings. The fourth-order valence-corrected chi connectivity index (χ4v) is 4.12. The van der Waals surface area contributed by atoms with E-state index in [9.17, 15) is 9.59 Å². The van der Waals surface area contributed by atoms with Crippen LogP contribution in [0.3, 0.4) is 0 Å². The number of carbonyl (C=O) groups is 2. The van der Waals surface area contributed by atoms with Crippen molar-refractivity contribution in [3.05, 3.63) is 112 Å². The van der Waals surface area contributed by atoms with E-state index in [2.05, 4.69) is 21.7 Å². The maximum absolute atomic E-state index is 12.6. The third kappa shape index (κ3) is 5.16. The fourth-order valence-electron chi connectivity index (χ4n) is 3.85. The summed E-state index contributed by atoms with van der Waals surface area (Å²) >= 11 is 6.52. The number of para-hydroxylation sites is 1. The minimum Gasteiger partial charge on any atom is -0.361 e. The molecule has 0 radical (unpaired) electrons. The molecule has 4 rings (SSSR count). The first-order valence-corrected chi connectivity index (χ1v) is 11.0. The average molecular weight is 458 g/mol. The van der Waals surface area contributed by atoms with Gasteiger partial charge in [0.2, 0.25) is 5.91 Å². The molecule has 166 valence electrons. The predicted molar refractivity (Wildman–Crippen MR) is 133 cm³/mol. The Bertz CT molecular complexity index is 1310. The molecule has 1 heterocycles. The summed E-state index contributed by atoms with van der Waals surface area (Å²) in [5.74, 6) is -0.465. The van der Waals surface area contributed by atoms with Crippen LogP contribution in [-0.2, 0) is 4.79 Å². The number of hydrogen-bond acceptors (Lipinski definition) is 2. The molecular weight excluding hydrogens is 434 g/mol. The standard InChI is InChI=1S/C27H24ClN3O2/c1-29-27(33)19-13-10-18(11-14-19)12-15-26(32)31-17-22(20-6-2-4-8-24(20)28)23-16-30-25-9-5-3-7-21(23)25/h2-16,22,30H,17H2,1H3,(H,29,33)(H,31,32)/b15-12+. The number of carbonyl (C=O) groups excluding carboxylic acids is 2. The average Bonchev–Trinajstić information content (AvgIpc) is 3.28. The van der Waals surface area contributed by atoms with Gasteiger partial charge in [-0.05, 0) is 47.0 Å². The van der Waals surface area contributed by atoms with Crippen LogP contribution in [0.1, 0.15) is 33.0 Å². The van der Waals surface area contributed by atoms with Gasteiger partial charge in [0.05, 0.1) is 0 Å². The number of aromatic amines is 1. The van der Waals surface area contributed by atoms with Crippen LogP contribution in [0, 0.1) is 0 Å². The Labute approximate surface area is 197 Å². The van der Waals surface area contributed by atoms with Gasteiger partial charge in [0, 0.05) is 53.3 Å². The van der Waals surface area contributed by atoms with Gasteiger partial charge in [-0.3, -0.25) is 9.59 Å². The van der Waals surface area contributed by atoms with Gasteiger partial charge in [-0.2, -0.15) is 0 Å². The molecule has 0 aliphatic carbocycles. The smallest absolute Gasteiger partial charge is 0.251 e. The zero-order valence-corrected chi connectivity index (χ0v) is 18.9. The molecule has 3 aromatic carbocycles. The summed E-state index contributed by atoms with van der Waals surface area (Å²) in [6.45, 7) is 0.393. The summed E-state index contributed by atoms with van der Waals surface area (Å²) in [5.41, 5.74) is 4.47. The third-order valence-electron chi connectivity index (χ3n) is 5.58. The second-order valence-corrected chi connectivity index (χ2v) is 8.05. The van der Waals surface area contributed by atoms with E-state index < -0.39 is 0 Å². The van der Waals surface area contributed by atoms with Crippen molar-refractivity contribution in [2.24, 2.45) is 0 Å². The Balaban J connectivity index is 1.51. The first-order valence-electron chi connectivity index (χ1n) is 10.7. The van der Waals surface area contributed by atoms with Crippen LogP contribution < -0.4 is 10.6 Å². The van der Waals surface area contributed by atoms with E-state index in [-0.39, 0.29) is 17.7 Å². The van der Waals surface area contributed by atoms with E-state index in [4.69, 9.17) is 11.6 Å². The lowest BCUT2D eigenvalue weighted by Gasteiger charge is -2.19. The number of fused-ring (bicyclic) bond motifs is 1. The molecule has 3 N–H and O–H groups in total. The fraction of sp³-hybridized carbons (Fsp3) is 0.111. The predicted octanol–water partition coefficient (Wildman–Crippen LogP) is 5.14. The molecule has 1 atom stereocenters. The minimum atomic E-state index is -0.206. The molecule has 5 nitrogen and oxygen atoms in total. The number of halogens is 1. The van der Waals surface area contributed by atoms with E-state index in [0.29, 0.717) is 17.1 Å². The minimum absolute atomic E-state index is 0.112. The van der Waals surface area contributed by atoms with Crippen LogP contribution in [0.4, 0.5) is 0 Å². The summed E-state index contributed by atoms with van der Waals surface area (Å²) in [6.07, 6.45) is 5.20. The maximum atomic E-state index is 12.6. The number of hydrogen-bond donors (Lipinski definition) is 3. The summed E-state index contributed by atoms with van der Waals surface area (Å²) in [4.78, 5) is 27.6. The van der Waals surface area contributed by atoms with Crippen molar-refractivity contribution in [1.82, 2.24) is 15.6 Å². The monoisotopic (exact) mass is 457 g/mol. The Hall–Kier alpha value is -3.83. The highest BCUT2D eigenvalue weighted by molar-refractivity contribution is 6.31. The zero-order valence-electron chi connectivity index (χ0n) is 18.1. The number of amides is 2. The lowest BCUT2D eigenvalue weighted by Crippen LogP contribution is -2.27. The highest BCUT2D eigenvalue weighted by atomic mass is 35.5. The molecule has 0 fully saturated rings. The topological polar surface area (TPSA) is 74.0 Å². The van der Waals surface area contributed by atoms with Crippen molar-refractivity contribution in [2.45, 2.75) is 5.92 Å². The molecule has 1 unspecified atom stereocenters. The van der Waals surface area contributed by atoms with Crippen molar-refractivity contribution < 1.29 is 9.59 Å². The van der Waals surface area contributed by atoms with Gasteiger partial charge in [0.25, 0.3) is 5.91 Å². The van der Waals surface area contributed by atoms with E-state index in [1.807, 2.05) is 48.7 Å².